The molecule has 1 heterocycles. The Morgan fingerprint density at radius 1 is 1.53 bits per heavy atom. The average molecular weight is 234 g/mol. The molecule has 0 fully saturated rings. The van der Waals surface area contributed by atoms with E-state index in [9.17, 15) is 4.79 Å². The highest BCUT2D eigenvalue weighted by Crippen LogP contribution is 2.37. The summed E-state index contributed by atoms with van der Waals surface area (Å²) >= 11 is 0. The Morgan fingerprint density at radius 2 is 2.29 bits per heavy atom. The summed E-state index contributed by atoms with van der Waals surface area (Å²) in [6, 6.07) is 6.07. The molecule has 1 aromatic carbocycles. The lowest BCUT2D eigenvalue weighted by molar-refractivity contribution is -0.118. The van der Waals surface area contributed by atoms with Gasteiger partial charge in [0.1, 0.15) is 5.75 Å². The summed E-state index contributed by atoms with van der Waals surface area (Å²) in [5.74, 6) is 0.822. The summed E-state index contributed by atoms with van der Waals surface area (Å²) < 4.78 is 5.60. The molecule has 0 aliphatic carbocycles. The maximum absolute atomic E-state index is 11.1. The largest absolute Gasteiger partial charge is 0.493 e. The Balaban J connectivity index is 2.33. The first-order chi connectivity index (χ1) is 8.08. The maximum atomic E-state index is 11.1. The van der Waals surface area contributed by atoms with Crippen LogP contribution >= 0.6 is 0 Å². The molecule has 0 radical (unpaired) electrons. The molecule has 17 heavy (non-hydrogen) atoms. The van der Waals surface area contributed by atoms with Crippen molar-refractivity contribution in [3.05, 3.63) is 23.8 Å². The molecular formula is C13H18N2O2. The monoisotopic (exact) mass is 234 g/mol. The third-order valence-corrected chi connectivity index (χ3v) is 3.12. The van der Waals surface area contributed by atoms with E-state index in [-0.39, 0.29) is 11.8 Å². The molecule has 0 saturated heterocycles. The predicted octanol–water partition coefficient (Wildman–Crippen LogP) is 1.49. The number of carbonyl (C=O) groups excluding carboxylic acids is 1. The van der Waals surface area contributed by atoms with E-state index in [0.717, 1.165) is 23.4 Å². The van der Waals surface area contributed by atoms with Gasteiger partial charge < -0.3 is 15.4 Å². The first-order valence-corrected chi connectivity index (χ1v) is 5.80. The molecule has 2 rings (SSSR count). The lowest BCUT2D eigenvalue weighted by atomic mass is 9.89. The Morgan fingerprint density at radius 3 is 2.94 bits per heavy atom. The summed E-state index contributed by atoms with van der Waals surface area (Å²) in [7, 11) is 3.99. The van der Waals surface area contributed by atoms with Crippen LogP contribution in [0.3, 0.4) is 0 Å². The fraction of sp³-hybridized carbons (Fsp3) is 0.462. The zero-order valence-corrected chi connectivity index (χ0v) is 10.3. The SMILES string of the molecule is CN(C)c1ccc2c(c1)C(CC(N)=O)CCO2. The van der Waals surface area contributed by atoms with Gasteiger partial charge in [-0.1, -0.05) is 0 Å². The number of anilines is 1. The van der Waals surface area contributed by atoms with E-state index in [1.54, 1.807) is 0 Å². The zero-order chi connectivity index (χ0) is 12.4. The van der Waals surface area contributed by atoms with E-state index in [1.807, 2.05) is 31.1 Å². The summed E-state index contributed by atoms with van der Waals surface area (Å²) in [5.41, 5.74) is 7.50. The van der Waals surface area contributed by atoms with Crippen molar-refractivity contribution in [1.82, 2.24) is 0 Å². The quantitative estimate of drug-likeness (QED) is 0.862. The number of carbonyl (C=O) groups is 1. The molecule has 0 aromatic heterocycles. The number of benzene rings is 1. The second-order valence-electron chi connectivity index (χ2n) is 4.62. The van der Waals surface area contributed by atoms with Crippen LogP contribution in [0, 0.1) is 0 Å². The van der Waals surface area contributed by atoms with Crippen LogP contribution in [0.4, 0.5) is 5.69 Å². The van der Waals surface area contributed by atoms with Gasteiger partial charge in [-0.15, -0.1) is 0 Å². The summed E-state index contributed by atoms with van der Waals surface area (Å²) in [4.78, 5) is 13.1. The van der Waals surface area contributed by atoms with E-state index in [0.29, 0.717) is 13.0 Å². The minimum absolute atomic E-state index is 0.191. The van der Waals surface area contributed by atoms with E-state index in [4.69, 9.17) is 10.5 Å². The first-order valence-electron chi connectivity index (χ1n) is 5.80. The number of ether oxygens (including phenoxy) is 1. The van der Waals surface area contributed by atoms with Gasteiger partial charge in [-0.2, -0.15) is 0 Å². The maximum Gasteiger partial charge on any atom is 0.218 e. The Bertz CT molecular complexity index is 429. The van der Waals surface area contributed by atoms with Crippen LogP contribution in [-0.4, -0.2) is 26.6 Å². The molecule has 92 valence electrons. The molecule has 1 aliphatic rings. The van der Waals surface area contributed by atoms with Crippen molar-refractivity contribution in [2.75, 3.05) is 25.6 Å². The van der Waals surface area contributed by atoms with Crippen LogP contribution in [0.5, 0.6) is 5.75 Å². The number of rotatable bonds is 3. The van der Waals surface area contributed by atoms with Crippen molar-refractivity contribution < 1.29 is 9.53 Å². The molecule has 1 amide bonds. The molecule has 4 heteroatoms. The van der Waals surface area contributed by atoms with Gasteiger partial charge in [0.15, 0.2) is 0 Å². The Hall–Kier alpha value is -1.71. The highest BCUT2D eigenvalue weighted by molar-refractivity contribution is 5.75. The fourth-order valence-corrected chi connectivity index (χ4v) is 2.19. The second kappa shape index (κ2) is 4.65. The molecule has 2 N–H and O–H groups in total. The number of hydrogen-bond acceptors (Lipinski definition) is 3. The number of nitrogens with zero attached hydrogens (tertiary/aromatic N) is 1. The van der Waals surface area contributed by atoms with Crippen molar-refractivity contribution in [2.45, 2.75) is 18.8 Å². The summed E-state index contributed by atoms with van der Waals surface area (Å²) in [6.45, 7) is 0.659. The first kappa shape index (κ1) is 11.8. The third kappa shape index (κ3) is 2.52. The standard InChI is InChI=1S/C13H18N2O2/c1-15(2)10-3-4-12-11(8-10)9(5-6-17-12)7-13(14)16/h3-4,8-9H,5-7H2,1-2H3,(H2,14,16). The molecule has 0 spiro atoms. The number of hydrogen-bond donors (Lipinski definition) is 1. The fourth-order valence-electron chi connectivity index (χ4n) is 2.19. The van der Waals surface area contributed by atoms with Gasteiger partial charge in [0.25, 0.3) is 0 Å². The van der Waals surface area contributed by atoms with Crippen LogP contribution < -0.4 is 15.4 Å². The number of amides is 1. The minimum atomic E-state index is -0.252. The predicted molar refractivity (Wildman–Crippen MR) is 67.4 cm³/mol. The van der Waals surface area contributed by atoms with Gasteiger partial charge in [-0.05, 0) is 36.1 Å². The van der Waals surface area contributed by atoms with Gasteiger partial charge in [0.2, 0.25) is 5.91 Å². The lowest BCUT2D eigenvalue weighted by Crippen LogP contribution is -2.21. The van der Waals surface area contributed by atoms with Gasteiger partial charge in [-0.25, -0.2) is 0 Å². The third-order valence-electron chi connectivity index (χ3n) is 3.12. The van der Waals surface area contributed by atoms with Crippen LogP contribution in [0.15, 0.2) is 18.2 Å². The van der Waals surface area contributed by atoms with E-state index in [2.05, 4.69) is 6.07 Å². The van der Waals surface area contributed by atoms with Crippen molar-refractivity contribution in [3.63, 3.8) is 0 Å². The zero-order valence-electron chi connectivity index (χ0n) is 10.3. The van der Waals surface area contributed by atoms with Gasteiger partial charge >= 0.3 is 0 Å². The van der Waals surface area contributed by atoms with Crippen molar-refractivity contribution in [3.8, 4) is 5.75 Å². The van der Waals surface area contributed by atoms with E-state index < -0.39 is 0 Å². The number of fused-ring (bicyclic) bond motifs is 1. The number of primary amides is 1. The van der Waals surface area contributed by atoms with E-state index in [1.165, 1.54) is 0 Å². The molecule has 1 unspecified atom stereocenters. The molecule has 1 aliphatic heterocycles. The van der Waals surface area contributed by atoms with Crippen molar-refractivity contribution >= 4 is 11.6 Å². The summed E-state index contributed by atoms with van der Waals surface area (Å²) in [6.07, 6.45) is 1.25. The van der Waals surface area contributed by atoms with Crippen molar-refractivity contribution in [1.29, 1.82) is 0 Å². The Labute approximate surface area is 101 Å². The molecule has 1 atom stereocenters. The highest BCUT2D eigenvalue weighted by Gasteiger charge is 2.23. The van der Waals surface area contributed by atoms with Crippen LogP contribution in [0.1, 0.15) is 24.3 Å². The minimum Gasteiger partial charge on any atom is -0.493 e. The van der Waals surface area contributed by atoms with E-state index >= 15 is 0 Å². The molecule has 1 aromatic rings. The highest BCUT2D eigenvalue weighted by atomic mass is 16.5. The van der Waals surface area contributed by atoms with Gasteiger partial charge in [-0.3, -0.25) is 4.79 Å². The normalized spacial score (nSPS) is 18.1. The van der Waals surface area contributed by atoms with Crippen LogP contribution in [-0.2, 0) is 4.79 Å². The van der Waals surface area contributed by atoms with Crippen LogP contribution in [0.25, 0.3) is 0 Å². The Kier molecular flexibility index (Phi) is 3.22. The van der Waals surface area contributed by atoms with Crippen LogP contribution in [0.2, 0.25) is 0 Å². The van der Waals surface area contributed by atoms with Crippen molar-refractivity contribution in [2.24, 2.45) is 5.73 Å². The molecule has 0 saturated carbocycles. The molecule has 0 bridgehead atoms. The number of nitrogens with two attached hydrogens (primary N) is 1. The lowest BCUT2D eigenvalue weighted by Gasteiger charge is -2.26. The topological polar surface area (TPSA) is 55.6 Å². The second-order valence-corrected chi connectivity index (χ2v) is 4.62. The summed E-state index contributed by atoms with van der Waals surface area (Å²) in [5, 5.41) is 0. The molecule has 4 nitrogen and oxygen atoms in total. The van der Waals surface area contributed by atoms with Gasteiger partial charge in [0.05, 0.1) is 6.61 Å². The van der Waals surface area contributed by atoms with Gasteiger partial charge in [0, 0.05) is 26.2 Å². The smallest absolute Gasteiger partial charge is 0.218 e. The molecular weight excluding hydrogens is 216 g/mol. The average Bonchev–Trinajstić information content (AvgIpc) is 2.28.